The van der Waals surface area contributed by atoms with E-state index in [9.17, 15) is 4.79 Å². The van der Waals surface area contributed by atoms with Crippen molar-refractivity contribution >= 4 is 40.9 Å². The van der Waals surface area contributed by atoms with Crippen LogP contribution in [0.4, 0.5) is 11.4 Å². The number of cyclic esters (lactones) is 1. The summed E-state index contributed by atoms with van der Waals surface area (Å²) in [7, 11) is 8.09. The number of benzene rings is 2. The van der Waals surface area contributed by atoms with Crippen molar-refractivity contribution in [3.63, 3.8) is 0 Å². The number of rotatable bonds is 6. The molecule has 0 aliphatic carbocycles. The van der Waals surface area contributed by atoms with E-state index < -0.39 is 11.6 Å². The Hall–Kier alpha value is -2.64. The smallest absolute Gasteiger partial charge is 0.358 e. The van der Waals surface area contributed by atoms with Crippen molar-refractivity contribution in [1.82, 2.24) is 4.98 Å². The molecule has 0 unspecified atom stereocenters. The summed E-state index contributed by atoms with van der Waals surface area (Å²) in [6.07, 6.45) is 5.75. The predicted octanol–water partition coefficient (Wildman–Crippen LogP) is 5.12. The lowest BCUT2D eigenvalue weighted by atomic mass is 9.80. The molecule has 4 rings (SSSR count). The zero-order chi connectivity index (χ0) is 23.0. The minimum Gasteiger partial charge on any atom is -0.439 e. The molecule has 2 aromatic carbocycles. The van der Waals surface area contributed by atoms with Crippen LogP contribution >= 0.6 is 23.5 Å². The van der Waals surface area contributed by atoms with E-state index in [1.54, 1.807) is 29.7 Å². The Labute approximate surface area is 198 Å². The van der Waals surface area contributed by atoms with E-state index in [4.69, 9.17) is 4.74 Å². The van der Waals surface area contributed by atoms with Crippen LogP contribution in [0.15, 0.2) is 64.5 Å². The van der Waals surface area contributed by atoms with Gasteiger partial charge in [-0.15, -0.1) is 23.5 Å². The number of anilines is 2. The molecule has 1 aromatic heterocycles. The monoisotopic (exact) mass is 465 g/mol. The minimum atomic E-state index is -1.06. The SMILES string of the molecule is CSc1cc(N(C)C)ccc1C1(c2ccc(N(C)C)cc2SC)OC(=O)c2ncccc21. The molecule has 5 nitrogen and oxygen atoms in total. The maximum absolute atomic E-state index is 13.1. The summed E-state index contributed by atoms with van der Waals surface area (Å²) in [6, 6.07) is 16.4. The second kappa shape index (κ2) is 8.71. The zero-order valence-corrected chi connectivity index (χ0v) is 20.8. The number of hydrogen-bond acceptors (Lipinski definition) is 7. The first-order valence-corrected chi connectivity index (χ1v) is 12.7. The molecule has 0 saturated heterocycles. The number of ether oxygens (including phenoxy) is 1. The van der Waals surface area contributed by atoms with Crippen LogP contribution in [0.25, 0.3) is 0 Å². The fourth-order valence-electron chi connectivity index (χ4n) is 4.14. The van der Waals surface area contributed by atoms with Gasteiger partial charge >= 0.3 is 5.97 Å². The van der Waals surface area contributed by atoms with E-state index in [1.165, 1.54) is 0 Å². The summed E-state index contributed by atoms with van der Waals surface area (Å²) < 4.78 is 6.32. The molecule has 0 N–H and O–H groups in total. The number of esters is 1. The molecule has 32 heavy (non-hydrogen) atoms. The molecule has 0 saturated carbocycles. The molecule has 1 aliphatic heterocycles. The van der Waals surface area contributed by atoms with Crippen LogP contribution in [-0.2, 0) is 10.3 Å². The summed E-state index contributed by atoms with van der Waals surface area (Å²) in [5, 5.41) is 0. The third-order valence-electron chi connectivity index (χ3n) is 5.79. The number of carbonyl (C=O) groups excluding carboxylic acids is 1. The Morgan fingerprint density at radius 1 is 0.812 bits per heavy atom. The number of thioether (sulfide) groups is 2. The van der Waals surface area contributed by atoms with Crippen LogP contribution in [-0.4, -0.2) is 51.7 Å². The Bertz CT molecular complexity index is 1120. The van der Waals surface area contributed by atoms with Crippen molar-refractivity contribution in [2.45, 2.75) is 15.4 Å². The minimum absolute atomic E-state index is 0.375. The van der Waals surface area contributed by atoms with Gasteiger partial charge in [-0.3, -0.25) is 0 Å². The van der Waals surface area contributed by atoms with E-state index in [2.05, 4.69) is 63.7 Å². The van der Waals surface area contributed by atoms with E-state index in [0.717, 1.165) is 37.9 Å². The first-order chi connectivity index (χ1) is 15.3. The fourth-order valence-corrected chi connectivity index (χ4v) is 5.48. The van der Waals surface area contributed by atoms with Crippen molar-refractivity contribution in [1.29, 1.82) is 0 Å². The van der Waals surface area contributed by atoms with Gasteiger partial charge in [0.1, 0.15) is 0 Å². The Morgan fingerprint density at radius 3 is 1.81 bits per heavy atom. The van der Waals surface area contributed by atoms with Crippen LogP contribution in [0, 0.1) is 0 Å². The average Bonchev–Trinajstić information content (AvgIpc) is 3.11. The van der Waals surface area contributed by atoms with Gasteiger partial charge in [0.25, 0.3) is 0 Å². The van der Waals surface area contributed by atoms with E-state index in [0.29, 0.717) is 5.69 Å². The summed E-state index contributed by atoms with van der Waals surface area (Å²) in [4.78, 5) is 23.7. The highest BCUT2D eigenvalue weighted by Gasteiger charge is 2.51. The standard InChI is InChI=1S/C25H27N3O2S2/c1-27(2)16-9-11-18(21(14-16)31-5)25(20-8-7-13-26-23(20)24(29)30-25)19-12-10-17(28(3)4)15-22(19)32-6/h7-15H,1-6H3. The lowest BCUT2D eigenvalue weighted by molar-refractivity contribution is 0.0234. The molecule has 0 bridgehead atoms. The molecular weight excluding hydrogens is 438 g/mol. The average molecular weight is 466 g/mol. The topological polar surface area (TPSA) is 45.7 Å². The third-order valence-corrected chi connectivity index (χ3v) is 7.34. The van der Waals surface area contributed by atoms with Crippen LogP contribution in [0.2, 0.25) is 0 Å². The second-order valence-electron chi connectivity index (χ2n) is 8.03. The van der Waals surface area contributed by atoms with Crippen LogP contribution in [0.5, 0.6) is 0 Å². The number of aromatic nitrogens is 1. The molecule has 0 fully saturated rings. The van der Waals surface area contributed by atoms with Crippen LogP contribution in [0.3, 0.4) is 0 Å². The summed E-state index contributed by atoms with van der Waals surface area (Å²) in [5.74, 6) is -0.395. The normalized spacial score (nSPS) is 14.1. The van der Waals surface area contributed by atoms with E-state index in [1.807, 2.05) is 40.3 Å². The molecule has 2 heterocycles. The van der Waals surface area contributed by atoms with Crippen molar-refractivity contribution in [3.05, 3.63) is 77.1 Å². The highest BCUT2D eigenvalue weighted by Crippen LogP contribution is 2.51. The second-order valence-corrected chi connectivity index (χ2v) is 9.72. The molecule has 1 aliphatic rings. The highest BCUT2D eigenvalue weighted by atomic mass is 32.2. The summed E-state index contributed by atoms with van der Waals surface area (Å²) in [6.45, 7) is 0. The van der Waals surface area contributed by atoms with Crippen LogP contribution in [0.1, 0.15) is 27.2 Å². The molecular formula is C25H27N3O2S2. The first kappa shape index (κ1) is 22.6. The largest absolute Gasteiger partial charge is 0.439 e. The number of carbonyl (C=O) groups is 1. The summed E-state index contributed by atoms with van der Waals surface area (Å²) in [5.41, 5.74) is 4.18. The number of pyridine rings is 1. The van der Waals surface area contributed by atoms with Crippen molar-refractivity contribution in [2.75, 3.05) is 50.5 Å². The Balaban J connectivity index is 2.08. The molecule has 0 atom stereocenters. The van der Waals surface area contributed by atoms with Gasteiger partial charge in [0, 0.05) is 72.2 Å². The molecule has 0 radical (unpaired) electrons. The van der Waals surface area contributed by atoms with Gasteiger partial charge in [-0.1, -0.05) is 18.2 Å². The van der Waals surface area contributed by atoms with Crippen molar-refractivity contribution < 1.29 is 9.53 Å². The number of fused-ring (bicyclic) bond motifs is 1. The van der Waals surface area contributed by atoms with Gasteiger partial charge in [-0.25, -0.2) is 9.78 Å². The lowest BCUT2D eigenvalue weighted by Gasteiger charge is -2.33. The Kier molecular flexibility index (Phi) is 6.14. The maximum atomic E-state index is 13.1. The lowest BCUT2D eigenvalue weighted by Crippen LogP contribution is -2.31. The molecule has 166 valence electrons. The van der Waals surface area contributed by atoms with Gasteiger partial charge < -0.3 is 14.5 Å². The quantitative estimate of drug-likeness (QED) is 0.370. The Morgan fingerprint density at radius 2 is 1.34 bits per heavy atom. The van der Waals surface area contributed by atoms with Crippen molar-refractivity contribution in [2.24, 2.45) is 0 Å². The van der Waals surface area contributed by atoms with Gasteiger partial charge in [0.2, 0.25) is 0 Å². The zero-order valence-electron chi connectivity index (χ0n) is 19.2. The van der Waals surface area contributed by atoms with Gasteiger partial charge in [0.05, 0.1) is 0 Å². The number of nitrogens with zero attached hydrogens (tertiary/aromatic N) is 3. The molecule has 0 spiro atoms. The molecule has 7 heteroatoms. The summed E-state index contributed by atoms with van der Waals surface area (Å²) >= 11 is 3.30. The predicted molar refractivity (Wildman–Crippen MR) is 135 cm³/mol. The van der Waals surface area contributed by atoms with Crippen LogP contribution < -0.4 is 9.80 Å². The highest BCUT2D eigenvalue weighted by molar-refractivity contribution is 7.99. The van der Waals surface area contributed by atoms with E-state index >= 15 is 0 Å². The first-order valence-electron chi connectivity index (χ1n) is 10.2. The molecule has 0 amide bonds. The van der Waals surface area contributed by atoms with Gasteiger partial charge in [-0.2, -0.15) is 0 Å². The maximum Gasteiger partial charge on any atom is 0.358 e. The third kappa shape index (κ3) is 3.53. The molecule has 3 aromatic rings. The fraction of sp³-hybridized carbons (Fsp3) is 0.280. The number of hydrogen-bond donors (Lipinski definition) is 0. The van der Waals surface area contributed by atoms with Gasteiger partial charge in [0.15, 0.2) is 11.3 Å². The van der Waals surface area contributed by atoms with E-state index in [-0.39, 0.29) is 0 Å². The van der Waals surface area contributed by atoms with Crippen molar-refractivity contribution in [3.8, 4) is 0 Å². The van der Waals surface area contributed by atoms with Gasteiger partial charge in [-0.05, 0) is 42.8 Å².